The average Bonchev–Trinajstić information content (AvgIpc) is 2.28. The highest BCUT2D eigenvalue weighted by atomic mass is 16.4. The van der Waals surface area contributed by atoms with Gasteiger partial charge in [0.25, 0.3) is 0 Å². The van der Waals surface area contributed by atoms with Gasteiger partial charge in [-0.2, -0.15) is 0 Å². The number of nitrogens with zero attached hydrogens (tertiary/aromatic N) is 2. The Morgan fingerprint density at radius 2 is 2.00 bits per heavy atom. The van der Waals surface area contributed by atoms with Crippen molar-refractivity contribution in [2.75, 3.05) is 5.32 Å². The van der Waals surface area contributed by atoms with E-state index >= 15 is 0 Å². The fraction of sp³-hybridized carbons (Fsp3) is 0.250. The molecule has 0 fully saturated rings. The van der Waals surface area contributed by atoms with Crippen LogP contribution in [0.4, 0.5) is 5.69 Å². The van der Waals surface area contributed by atoms with Crippen LogP contribution in [0.5, 0.6) is 0 Å². The van der Waals surface area contributed by atoms with Gasteiger partial charge in [0.1, 0.15) is 0 Å². The summed E-state index contributed by atoms with van der Waals surface area (Å²) >= 11 is 0. The molecule has 0 saturated heterocycles. The van der Waals surface area contributed by atoms with Crippen molar-refractivity contribution < 1.29 is 9.90 Å². The fourth-order valence-corrected chi connectivity index (χ4v) is 1.64. The van der Waals surface area contributed by atoms with Crippen LogP contribution in [0.15, 0.2) is 24.3 Å². The Morgan fingerprint density at radius 1 is 1.29 bits per heavy atom. The Labute approximate surface area is 98.5 Å². The molecule has 2 aromatic rings. The Morgan fingerprint density at radius 3 is 2.65 bits per heavy atom. The summed E-state index contributed by atoms with van der Waals surface area (Å²) in [6, 6.07) is 7.46. The van der Waals surface area contributed by atoms with Gasteiger partial charge in [0.15, 0.2) is 5.69 Å². The number of carboxylic acid groups (broad SMARTS) is 1. The number of anilines is 1. The lowest BCUT2D eigenvalue weighted by molar-refractivity contribution is 0.0690. The van der Waals surface area contributed by atoms with E-state index in [2.05, 4.69) is 15.5 Å². The number of benzene rings is 1. The number of nitrogens with one attached hydrogen (secondary N) is 1. The molecule has 2 N–H and O–H groups in total. The molecular weight excluding hydrogens is 218 g/mol. The molecule has 1 aromatic heterocycles. The second-order valence-electron chi connectivity index (χ2n) is 4.04. The lowest BCUT2D eigenvalue weighted by Gasteiger charge is -2.13. The van der Waals surface area contributed by atoms with Crippen LogP contribution < -0.4 is 5.32 Å². The van der Waals surface area contributed by atoms with Crippen molar-refractivity contribution in [2.45, 2.75) is 19.9 Å². The topological polar surface area (TPSA) is 75.1 Å². The molecule has 1 heterocycles. The zero-order chi connectivity index (χ0) is 12.4. The third kappa shape index (κ3) is 2.18. The van der Waals surface area contributed by atoms with Crippen molar-refractivity contribution in [3.63, 3.8) is 0 Å². The van der Waals surface area contributed by atoms with Crippen LogP contribution in [0.25, 0.3) is 10.9 Å². The van der Waals surface area contributed by atoms with Gasteiger partial charge in [-0.1, -0.05) is 18.2 Å². The molecule has 0 bridgehead atoms. The van der Waals surface area contributed by atoms with Crippen molar-refractivity contribution in [2.24, 2.45) is 0 Å². The molecule has 0 amide bonds. The molecule has 5 heteroatoms. The van der Waals surface area contributed by atoms with Crippen molar-refractivity contribution >= 4 is 22.6 Å². The summed E-state index contributed by atoms with van der Waals surface area (Å²) in [4.78, 5) is 11.1. The second-order valence-corrected chi connectivity index (χ2v) is 4.04. The minimum absolute atomic E-state index is 0.0441. The molecule has 0 atom stereocenters. The molecule has 5 nitrogen and oxygen atoms in total. The van der Waals surface area contributed by atoms with Crippen molar-refractivity contribution in [3.8, 4) is 0 Å². The molecule has 2 rings (SSSR count). The molecule has 1 aromatic carbocycles. The van der Waals surface area contributed by atoms with Gasteiger partial charge < -0.3 is 10.4 Å². The van der Waals surface area contributed by atoms with Gasteiger partial charge in [0.05, 0.1) is 11.2 Å². The maximum Gasteiger partial charge on any atom is 0.358 e. The number of rotatable bonds is 3. The Balaban J connectivity index is 2.70. The zero-order valence-corrected chi connectivity index (χ0v) is 9.64. The first-order chi connectivity index (χ1) is 8.09. The smallest absolute Gasteiger partial charge is 0.358 e. The van der Waals surface area contributed by atoms with Crippen LogP contribution in [0.3, 0.4) is 0 Å². The molecule has 0 radical (unpaired) electrons. The van der Waals surface area contributed by atoms with Crippen LogP contribution in [0, 0.1) is 0 Å². The fourth-order valence-electron chi connectivity index (χ4n) is 1.64. The van der Waals surface area contributed by atoms with Gasteiger partial charge >= 0.3 is 5.97 Å². The first kappa shape index (κ1) is 11.3. The first-order valence-corrected chi connectivity index (χ1v) is 5.35. The number of hydrogen-bond donors (Lipinski definition) is 2. The van der Waals surface area contributed by atoms with Gasteiger partial charge in [-0.3, -0.25) is 0 Å². The highest BCUT2D eigenvalue weighted by Crippen LogP contribution is 2.24. The molecule has 88 valence electrons. The summed E-state index contributed by atoms with van der Waals surface area (Å²) in [5.74, 6) is -1.08. The summed E-state index contributed by atoms with van der Waals surface area (Å²) < 4.78 is 0. The monoisotopic (exact) mass is 231 g/mol. The van der Waals surface area contributed by atoms with E-state index in [1.54, 1.807) is 6.07 Å². The molecule has 0 unspecified atom stereocenters. The normalized spacial score (nSPS) is 10.8. The van der Waals surface area contributed by atoms with Gasteiger partial charge in [0, 0.05) is 11.4 Å². The van der Waals surface area contributed by atoms with Crippen LogP contribution >= 0.6 is 0 Å². The number of aromatic nitrogens is 2. The first-order valence-electron chi connectivity index (χ1n) is 5.35. The van der Waals surface area contributed by atoms with E-state index in [9.17, 15) is 4.79 Å². The molecule has 0 spiro atoms. The second kappa shape index (κ2) is 4.37. The van der Waals surface area contributed by atoms with E-state index in [-0.39, 0.29) is 11.7 Å². The van der Waals surface area contributed by atoms with Gasteiger partial charge in [-0.15, -0.1) is 10.2 Å². The number of aromatic carboxylic acids is 1. The summed E-state index contributed by atoms with van der Waals surface area (Å²) in [6.45, 7) is 3.89. The Bertz CT molecular complexity index is 567. The summed E-state index contributed by atoms with van der Waals surface area (Å²) in [7, 11) is 0. The van der Waals surface area contributed by atoms with Crippen molar-refractivity contribution in [3.05, 3.63) is 30.0 Å². The number of carbonyl (C=O) groups is 1. The SMILES string of the molecule is CC(C)Nc1c(C(=O)O)nnc2ccccc12. The van der Waals surface area contributed by atoms with Gasteiger partial charge in [0.2, 0.25) is 0 Å². The van der Waals surface area contributed by atoms with E-state index in [0.29, 0.717) is 11.2 Å². The van der Waals surface area contributed by atoms with Crippen molar-refractivity contribution in [1.82, 2.24) is 10.2 Å². The molecule has 0 aliphatic rings. The lowest BCUT2D eigenvalue weighted by atomic mass is 10.1. The molecule has 0 aliphatic heterocycles. The standard InChI is InChI=1S/C12H13N3O2/c1-7(2)13-10-8-5-3-4-6-9(8)14-15-11(10)12(16)17/h3-7H,1-2H3,(H,13,14)(H,16,17). The molecule has 0 aliphatic carbocycles. The minimum Gasteiger partial charge on any atom is -0.476 e. The van der Waals surface area contributed by atoms with E-state index in [1.165, 1.54) is 0 Å². The van der Waals surface area contributed by atoms with Crippen LogP contribution in [-0.4, -0.2) is 27.3 Å². The van der Waals surface area contributed by atoms with Gasteiger partial charge in [-0.25, -0.2) is 4.79 Å². The van der Waals surface area contributed by atoms with Crippen molar-refractivity contribution in [1.29, 1.82) is 0 Å². The highest BCUT2D eigenvalue weighted by molar-refractivity contribution is 6.02. The number of carboxylic acids is 1. The molecule has 0 saturated carbocycles. The van der Waals surface area contributed by atoms with Crippen LogP contribution in [-0.2, 0) is 0 Å². The summed E-state index contributed by atoms with van der Waals surface area (Å²) in [6.07, 6.45) is 0. The van der Waals surface area contributed by atoms with Crippen LogP contribution in [0.1, 0.15) is 24.3 Å². The highest BCUT2D eigenvalue weighted by Gasteiger charge is 2.16. The quantitative estimate of drug-likeness (QED) is 0.846. The summed E-state index contributed by atoms with van der Waals surface area (Å²) in [5, 5.41) is 20.6. The Kier molecular flexibility index (Phi) is 2.91. The largest absolute Gasteiger partial charge is 0.476 e. The maximum absolute atomic E-state index is 11.1. The third-order valence-corrected chi connectivity index (χ3v) is 2.30. The zero-order valence-electron chi connectivity index (χ0n) is 9.64. The Hall–Kier alpha value is -2.17. The van der Waals surface area contributed by atoms with E-state index in [4.69, 9.17) is 5.11 Å². The van der Waals surface area contributed by atoms with E-state index in [1.807, 2.05) is 32.0 Å². The molecule has 17 heavy (non-hydrogen) atoms. The van der Waals surface area contributed by atoms with E-state index in [0.717, 1.165) is 5.39 Å². The van der Waals surface area contributed by atoms with Gasteiger partial charge in [-0.05, 0) is 19.9 Å². The maximum atomic E-state index is 11.1. The minimum atomic E-state index is -1.08. The third-order valence-electron chi connectivity index (χ3n) is 2.30. The predicted octanol–water partition coefficient (Wildman–Crippen LogP) is 2.15. The van der Waals surface area contributed by atoms with Crippen LogP contribution in [0.2, 0.25) is 0 Å². The van der Waals surface area contributed by atoms with E-state index < -0.39 is 5.97 Å². The predicted molar refractivity (Wildman–Crippen MR) is 65.3 cm³/mol. The lowest BCUT2D eigenvalue weighted by Crippen LogP contribution is -2.15. The number of hydrogen-bond acceptors (Lipinski definition) is 4. The average molecular weight is 231 g/mol. The number of fused-ring (bicyclic) bond motifs is 1. The summed E-state index contributed by atoms with van der Waals surface area (Å²) in [5.41, 5.74) is 1.16. The molecular formula is C12H13N3O2.